The molecule has 0 N–H and O–H groups in total. The molecule has 0 aromatic rings. The van der Waals surface area contributed by atoms with Crippen LogP contribution in [0.3, 0.4) is 0 Å². The summed E-state index contributed by atoms with van der Waals surface area (Å²) in [5, 5.41) is 9.14. The molecule has 4 fully saturated rings. The van der Waals surface area contributed by atoms with Gasteiger partial charge in [0.05, 0.1) is 6.07 Å². The van der Waals surface area contributed by atoms with E-state index in [2.05, 4.69) is 13.0 Å². The average Bonchev–Trinajstić information content (AvgIpc) is 2.14. The molecular weight excluding hydrogens is 170 g/mol. The molecule has 1 heteroatoms. The molecular formula is C13H19N. The predicted octanol–water partition coefficient (Wildman–Crippen LogP) is 3.36. The first-order chi connectivity index (χ1) is 6.72. The lowest BCUT2D eigenvalue weighted by molar-refractivity contribution is -0.0710. The van der Waals surface area contributed by atoms with Crippen molar-refractivity contribution in [1.29, 1.82) is 5.26 Å². The van der Waals surface area contributed by atoms with Crippen LogP contribution in [-0.2, 0) is 0 Å². The number of nitriles is 1. The Hall–Kier alpha value is -0.510. The minimum Gasteiger partial charge on any atom is -0.198 e. The zero-order valence-corrected chi connectivity index (χ0v) is 9.00. The maximum Gasteiger partial charge on any atom is 0.0658 e. The van der Waals surface area contributed by atoms with Crippen molar-refractivity contribution in [3.05, 3.63) is 0 Å². The molecule has 4 aliphatic carbocycles. The van der Waals surface area contributed by atoms with Gasteiger partial charge in [-0.2, -0.15) is 5.26 Å². The highest BCUT2D eigenvalue weighted by Gasteiger charge is 2.53. The summed E-state index contributed by atoms with van der Waals surface area (Å²) < 4.78 is 0. The number of nitrogens with zero attached hydrogens (tertiary/aromatic N) is 1. The number of hydrogen-bond donors (Lipinski definition) is 0. The Morgan fingerprint density at radius 1 is 1.07 bits per heavy atom. The molecule has 0 spiro atoms. The molecule has 0 amide bonds. The average molecular weight is 189 g/mol. The molecule has 4 aliphatic rings. The Labute approximate surface area is 86.5 Å². The van der Waals surface area contributed by atoms with Crippen LogP contribution in [0.25, 0.3) is 0 Å². The minimum atomic E-state index is 0.302. The van der Waals surface area contributed by atoms with Crippen molar-refractivity contribution in [2.24, 2.45) is 29.1 Å². The molecule has 0 saturated heterocycles. The molecule has 0 aliphatic heterocycles. The third kappa shape index (κ3) is 1.06. The van der Waals surface area contributed by atoms with Crippen molar-refractivity contribution in [3.8, 4) is 6.07 Å². The highest BCUT2D eigenvalue weighted by Crippen LogP contribution is 2.62. The molecule has 0 unspecified atom stereocenters. The van der Waals surface area contributed by atoms with E-state index in [0.29, 0.717) is 11.3 Å². The van der Waals surface area contributed by atoms with Crippen molar-refractivity contribution in [3.63, 3.8) is 0 Å². The largest absolute Gasteiger partial charge is 0.198 e. The normalized spacial score (nSPS) is 51.6. The van der Waals surface area contributed by atoms with Crippen LogP contribution in [0.1, 0.15) is 45.4 Å². The summed E-state index contributed by atoms with van der Waals surface area (Å²) >= 11 is 0. The highest BCUT2D eigenvalue weighted by atomic mass is 14.6. The first-order valence-corrected chi connectivity index (χ1v) is 6.11. The molecule has 4 rings (SSSR count). The molecule has 0 aromatic heterocycles. The molecule has 14 heavy (non-hydrogen) atoms. The van der Waals surface area contributed by atoms with E-state index in [0.717, 1.165) is 17.8 Å². The summed E-state index contributed by atoms with van der Waals surface area (Å²) in [6.07, 6.45) is 8.56. The molecule has 1 atom stereocenters. The molecule has 76 valence electrons. The van der Waals surface area contributed by atoms with Crippen molar-refractivity contribution in [2.45, 2.75) is 45.4 Å². The quantitative estimate of drug-likeness (QED) is 0.620. The maximum atomic E-state index is 9.14. The Balaban J connectivity index is 1.91. The first kappa shape index (κ1) is 8.77. The topological polar surface area (TPSA) is 23.8 Å². The Morgan fingerprint density at radius 2 is 1.50 bits per heavy atom. The fourth-order valence-electron chi connectivity index (χ4n) is 4.84. The smallest absolute Gasteiger partial charge is 0.0658 e. The Bertz CT molecular complexity index is 251. The lowest BCUT2D eigenvalue weighted by Crippen LogP contribution is -2.48. The molecule has 0 aromatic carbocycles. The molecule has 0 heterocycles. The third-order valence-electron chi connectivity index (χ3n) is 5.20. The summed E-state index contributed by atoms with van der Waals surface area (Å²) in [4.78, 5) is 0. The Kier molecular flexibility index (Phi) is 1.72. The minimum absolute atomic E-state index is 0.302. The van der Waals surface area contributed by atoms with Gasteiger partial charge in [-0.25, -0.2) is 0 Å². The van der Waals surface area contributed by atoms with Crippen LogP contribution < -0.4 is 0 Å². The van der Waals surface area contributed by atoms with E-state index in [4.69, 9.17) is 5.26 Å². The fraction of sp³-hybridized carbons (Fsp3) is 0.923. The van der Waals surface area contributed by atoms with Gasteiger partial charge in [-0.3, -0.25) is 0 Å². The zero-order chi connectivity index (χ0) is 9.76. The summed E-state index contributed by atoms with van der Waals surface area (Å²) in [6, 6.07) is 2.52. The van der Waals surface area contributed by atoms with E-state index in [-0.39, 0.29) is 0 Å². The second-order valence-electron chi connectivity index (χ2n) is 6.13. The standard InChI is InChI=1S/C13H19N/c1-9(8-14)13-5-10-2-11(6-13)4-12(3-10)7-13/h9-12H,2-7H2,1H3/t9-,10?,11?,12?,13?/m1/s1. The van der Waals surface area contributed by atoms with Gasteiger partial charge in [0.2, 0.25) is 0 Å². The van der Waals surface area contributed by atoms with Crippen molar-refractivity contribution >= 4 is 0 Å². The molecule has 0 radical (unpaired) electrons. The van der Waals surface area contributed by atoms with Crippen molar-refractivity contribution in [1.82, 2.24) is 0 Å². The van der Waals surface area contributed by atoms with Gasteiger partial charge in [-0.15, -0.1) is 0 Å². The van der Waals surface area contributed by atoms with Gasteiger partial charge >= 0.3 is 0 Å². The van der Waals surface area contributed by atoms with Gasteiger partial charge in [-0.1, -0.05) is 0 Å². The summed E-state index contributed by atoms with van der Waals surface area (Å²) in [5.74, 6) is 3.25. The van der Waals surface area contributed by atoms with Crippen LogP contribution in [-0.4, -0.2) is 0 Å². The number of rotatable bonds is 1. The summed E-state index contributed by atoms with van der Waals surface area (Å²) in [6.45, 7) is 2.16. The van der Waals surface area contributed by atoms with E-state index >= 15 is 0 Å². The van der Waals surface area contributed by atoms with Crippen LogP contribution in [0, 0.1) is 40.4 Å². The highest BCUT2D eigenvalue weighted by molar-refractivity contribution is 5.07. The van der Waals surface area contributed by atoms with Gasteiger partial charge in [0.25, 0.3) is 0 Å². The molecule has 1 nitrogen and oxygen atoms in total. The third-order valence-corrected chi connectivity index (χ3v) is 5.20. The van der Waals surface area contributed by atoms with E-state index in [9.17, 15) is 0 Å². The van der Waals surface area contributed by atoms with Crippen LogP contribution >= 0.6 is 0 Å². The van der Waals surface area contributed by atoms with E-state index in [1.807, 2.05) is 0 Å². The van der Waals surface area contributed by atoms with Gasteiger partial charge in [0.15, 0.2) is 0 Å². The predicted molar refractivity (Wildman–Crippen MR) is 55.4 cm³/mol. The van der Waals surface area contributed by atoms with Crippen LogP contribution in [0.4, 0.5) is 0 Å². The van der Waals surface area contributed by atoms with Crippen LogP contribution in [0.5, 0.6) is 0 Å². The lowest BCUT2D eigenvalue weighted by Gasteiger charge is -2.58. The van der Waals surface area contributed by atoms with Gasteiger partial charge in [0, 0.05) is 5.92 Å². The van der Waals surface area contributed by atoms with Gasteiger partial charge in [0.1, 0.15) is 0 Å². The van der Waals surface area contributed by atoms with Crippen LogP contribution in [0.2, 0.25) is 0 Å². The second kappa shape index (κ2) is 2.75. The molecule has 4 bridgehead atoms. The van der Waals surface area contributed by atoms with Gasteiger partial charge < -0.3 is 0 Å². The van der Waals surface area contributed by atoms with E-state index < -0.39 is 0 Å². The maximum absolute atomic E-state index is 9.14. The number of hydrogen-bond acceptors (Lipinski definition) is 1. The summed E-state index contributed by atoms with van der Waals surface area (Å²) in [5.41, 5.74) is 0.448. The first-order valence-electron chi connectivity index (χ1n) is 6.11. The lowest BCUT2D eigenvalue weighted by atomic mass is 9.47. The van der Waals surface area contributed by atoms with Crippen LogP contribution in [0.15, 0.2) is 0 Å². The Morgan fingerprint density at radius 3 is 1.86 bits per heavy atom. The fourth-order valence-corrected chi connectivity index (χ4v) is 4.84. The van der Waals surface area contributed by atoms with E-state index in [1.165, 1.54) is 38.5 Å². The van der Waals surface area contributed by atoms with Crippen molar-refractivity contribution in [2.75, 3.05) is 0 Å². The summed E-state index contributed by atoms with van der Waals surface area (Å²) in [7, 11) is 0. The zero-order valence-electron chi connectivity index (χ0n) is 9.00. The molecule has 4 saturated carbocycles. The van der Waals surface area contributed by atoms with E-state index in [1.54, 1.807) is 0 Å². The monoisotopic (exact) mass is 189 g/mol. The van der Waals surface area contributed by atoms with Crippen molar-refractivity contribution < 1.29 is 0 Å². The van der Waals surface area contributed by atoms with Gasteiger partial charge in [-0.05, 0) is 68.6 Å². The SMILES string of the molecule is C[C@H](C#N)C12CC3CC(CC(C3)C1)C2. The second-order valence-corrected chi connectivity index (χ2v) is 6.13.